The number of rotatable bonds is 6. The lowest BCUT2D eigenvalue weighted by Gasteiger charge is -2.37. The molecule has 1 aliphatic heterocycles. The highest BCUT2D eigenvalue weighted by Gasteiger charge is 2.25. The van der Waals surface area contributed by atoms with Gasteiger partial charge >= 0.3 is 0 Å². The second-order valence-electron chi connectivity index (χ2n) is 9.03. The minimum atomic E-state index is 0.191. The van der Waals surface area contributed by atoms with E-state index in [2.05, 4.69) is 27.3 Å². The Morgan fingerprint density at radius 1 is 1.03 bits per heavy atom. The van der Waals surface area contributed by atoms with Crippen LogP contribution in [-0.2, 0) is 4.79 Å². The van der Waals surface area contributed by atoms with Crippen LogP contribution in [0.25, 0.3) is 0 Å². The number of hydrogen-bond donors (Lipinski definition) is 1. The Labute approximate surface area is 190 Å². The van der Waals surface area contributed by atoms with Crippen molar-refractivity contribution in [3.05, 3.63) is 39.9 Å². The van der Waals surface area contributed by atoms with Gasteiger partial charge in [0.2, 0.25) is 5.91 Å². The van der Waals surface area contributed by atoms with Crippen molar-refractivity contribution >= 4 is 34.8 Å². The molecule has 1 aromatic carbocycles. The quantitative estimate of drug-likeness (QED) is 0.640. The number of piperazine rings is 1. The first kappa shape index (κ1) is 22.0. The Bertz CT molecular complexity index is 766. The average molecular weight is 450 g/mol. The number of anilines is 1. The van der Waals surface area contributed by atoms with Gasteiger partial charge in [0.25, 0.3) is 0 Å². The van der Waals surface area contributed by atoms with Crippen molar-refractivity contribution in [2.75, 3.05) is 37.6 Å². The number of allylic oxidation sites excluding steroid dienone is 1. The maximum absolute atomic E-state index is 12.3. The number of carbonyl (C=O) groups is 1. The lowest BCUT2D eigenvalue weighted by molar-refractivity contribution is -0.118. The molecule has 3 aliphatic rings. The molecule has 1 saturated carbocycles. The predicted octanol–water partition coefficient (Wildman–Crippen LogP) is 5.29. The van der Waals surface area contributed by atoms with E-state index in [4.69, 9.17) is 23.2 Å². The van der Waals surface area contributed by atoms with Gasteiger partial charge in [-0.3, -0.25) is 9.69 Å². The van der Waals surface area contributed by atoms with Crippen LogP contribution >= 0.6 is 23.2 Å². The molecule has 1 aromatic rings. The molecule has 6 heteroatoms. The molecule has 0 unspecified atom stereocenters. The van der Waals surface area contributed by atoms with Gasteiger partial charge in [0.05, 0.1) is 10.0 Å². The summed E-state index contributed by atoms with van der Waals surface area (Å²) < 4.78 is 0. The van der Waals surface area contributed by atoms with E-state index in [-0.39, 0.29) is 5.91 Å². The number of benzene rings is 1. The zero-order valence-corrected chi connectivity index (χ0v) is 19.2. The molecule has 1 amide bonds. The largest absolute Gasteiger partial charge is 0.369 e. The van der Waals surface area contributed by atoms with Gasteiger partial charge in [0.15, 0.2) is 0 Å². The topological polar surface area (TPSA) is 35.6 Å². The van der Waals surface area contributed by atoms with Crippen molar-refractivity contribution in [3.8, 4) is 0 Å². The van der Waals surface area contributed by atoms with Crippen LogP contribution in [0.1, 0.15) is 51.4 Å². The highest BCUT2D eigenvalue weighted by Crippen LogP contribution is 2.29. The van der Waals surface area contributed by atoms with Gasteiger partial charge in [-0.1, -0.05) is 29.3 Å². The zero-order valence-electron chi connectivity index (χ0n) is 17.7. The van der Waals surface area contributed by atoms with Gasteiger partial charge in [0, 0.05) is 43.5 Å². The average Bonchev–Trinajstić information content (AvgIpc) is 3.31. The van der Waals surface area contributed by atoms with Crippen molar-refractivity contribution in [2.45, 2.75) is 57.4 Å². The van der Waals surface area contributed by atoms with Gasteiger partial charge in [-0.2, -0.15) is 0 Å². The standard InChI is InChI=1S/C24H33Cl2N3O/c25-22-10-9-21(17-23(22)26)29-15-13-28(14-16-29)12-11-18-5-7-20(8-6-18)27-24(30)19-3-1-2-4-19/h3,9-10,17-18,20H,1-2,4-8,11-16H2,(H,27,30)/t18-,20-. The fraction of sp³-hybridized carbons (Fsp3) is 0.625. The summed E-state index contributed by atoms with van der Waals surface area (Å²) in [4.78, 5) is 17.3. The first-order valence-corrected chi connectivity index (χ1v) is 12.3. The summed E-state index contributed by atoms with van der Waals surface area (Å²) >= 11 is 12.2. The van der Waals surface area contributed by atoms with Crippen LogP contribution in [0.4, 0.5) is 5.69 Å². The second-order valence-corrected chi connectivity index (χ2v) is 9.84. The molecule has 4 nitrogen and oxygen atoms in total. The van der Waals surface area contributed by atoms with Gasteiger partial charge in [-0.05, 0) is 82.0 Å². The molecule has 0 atom stereocenters. The molecule has 4 rings (SSSR count). The van der Waals surface area contributed by atoms with Crippen LogP contribution in [-0.4, -0.2) is 49.6 Å². The van der Waals surface area contributed by atoms with Gasteiger partial charge in [-0.25, -0.2) is 0 Å². The monoisotopic (exact) mass is 449 g/mol. The van der Waals surface area contributed by atoms with E-state index in [1.165, 1.54) is 25.8 Å². The Morgan fingerprint density at radius 3 is 2.47 bits per heavy atom. The van der Waals surface area contributed by atoms with E-state index in [0.29, 0.717) is 16.1 Å². The van der Waals surface area contributed by atoms with E-state index >= 15 is 0 Å². The van der Waals surface area contributed by atoms with E-state index in [1.807, 2.05) is 12.1 Å². The van der Waals surface area contributed by atoms with Crippen molar-refractivity contribution < 1.29 is 4.79 Å². The zero-order chi connectivity index (χ0) is 20.9. The molecular weight excluding hydrogens is 417 g/mol. The van der Waals surface area contributed by atoms with E-state index < -0.39 is 0 Å². The summed E-state index contributed by atoms with van der Waals surface area (Å²) in [5.41, 5.74) is 2.18. The van der Waals surface area contributed by atoms with E-state index in [9.17, 15) is 4.79 Å². The van der Waals surface area contributed by atoms with Crippen molar-refractivity contribution in [1.82, 2.24) is 10.2 Å². The number of nitrogens with one attached hydrogen (secondary N) is 1. The number of nitrogens with zero attached hydrogens (tertiary/aromatic N) is 2. The molecule has 164 valence electrons. The summed E-state index contributed by atoms with van der Waals surface area (Å²) in [6.45, 7) is 5.45. The fourth-order valence-corrected chi connectivity index (χ4v) is 5.32. The fourth-order valence-electron chi connectivity index (χ4n) is 5.03. The third kappa shape index (κ3) is 5.72. The van der Waals surface area contributed by atoms with Crippen LogP contribution in [0.15, 0.2) is 29.8 Å². The smallest absolute Gasteiger partial charge is 0.247 e. The third-order valence-electron chi connectivity index (χ3n) is 7.01. The molecule has 2 fully saturated rings. The van der Waals surface area contributed by atoms with Crippen LogP contribution in [0, 0.1) is 5.92 Å². The lowest BCUT2D eigenvalue weighted by atomic mass is 9.84. The molecule has 0 aromatic heterocycles. The molecule has 0 bridgehead atoms. The normalized spacial score (nSPS) is 25.3. The van der Waals surface area contributed by atoms with Crippen LogP contribution in [0.3, 0.4) is 0 Å². The molecule has 1 heterocycles. The summed E-state index contributed by atoms with van der Waals surface area (Å²) in [5.74, 6) is 0.993. The number of carbonyl (C=O) groups excluding carboxylic acids is 1. The number of hydrogen-bond acceptors (Lipinski definition) is 3. The van der Waals surface area contributed by atoms with Gasteiger partial charge in [0.1, 0.15) is 0 Å². The number of amides is 1. The van der Waals surface area contributed by atoms with Crippen molar-refractivity contribution in [2.24, 2.45) is 5.92 Å². The van der Waals surface area contributed by atoms with E-state index in [0.717, 1.165) is 75.5 Å². The number of halogens is 2. The highest BCUT2D eigenvalue weighted by atomic mass is 35.5. The molecule has 0 spiro atoms. The van der Waals surface area contributed by atoms with Crippen LogP contribution in [0.5, 0.6) is 0 Å². The molecular formula is C24H33Cl2N3O. The van der Waals surface area contributed by atoms with E-state index in [1.54, 1.807) is 0 Å². The minimum Gasteiger partial charge on any atom is -0.369 e. The Hall–Kier alpha value is -1.23. The Balaban J connectivity index is 1.13. The molecule has 2 aliphatic carbocycles. The molecule has 1 N–H and O–H groups in total. The van der Waals surface area contributed by atoms with Crippen LogP contribution < -0.4 is 10.2 Å². The lowest BCUT2D eigenvalue weighted by Crippen LogP contribution is -2.47. The summed E-state index contributed by atoms with van der Waals surface area (Å²) in [6, 6.07) is 6.30. The molecule has 30 heavy (non-hydrogen) atoms. The minimum absolute atomic E-state index is 0.191. The Kier molecular flexibility index (Phi) is 7.61. The van der Waals surface area contributed by atoms with Crippen molar-refractivity contribution in [1.29, 1.82) is 0 Å². The summed E-state index contributed by atoms with van der Waals surface area (Å²) in [6.07, 6.45) is 11.3. The molecule has 0 radical (unpaired) electrons. The first-order valence-electron chi connectivity index (χ1n) is 11.5. The Morgan fingerprint density at radius 2 is 1.80 bits per heavy atom. The first-order chi connectivity index (χ1) is 14.6. The third-order valence-corrected chi connectivity index (χ3v) is 7.75. The SMILES string of the molecule is O=C(N[C@H]1CC[C@H](CCN2CCN(c3ccc(Cl)c(Cl)c3)CC2)CC1)C1=CCCC1. The second kappa shape index (κ2) is 10.4. The summed E-state index contributed by atoms with van der Waals surface area (Å²) in [5, 5.41) is 4.52. The maximum atomic E-state index is 12.3. The predicted molar refractivity (Wildman–Crippen MR) is 126 cm³/mol. The van der Waals surface area contributed by atoms with Gasteiger partial charge in [-0.15, -0.1) is 0 Å². The molecule has 1 saturated heterocycles. The van der Waals surface area contributed by atoms with Gasteiger partial charge < -0.3 is 10.2 Å². The van der Waals surface area contributed by atoms with Crippen LogP contribution in [0.2, 0.25) is 10.0 Å². The summed E-state index contributed by atoms with van der Waals surface area (Å²) in [7, 11) is 0. The maximum Gasteiger partial charge on any atom is 0.247 e. The highest BCUT2D eigenvalue weighted by molar-refractivity contribution is 6.42. The van der Waals surface area contributed by atoms with Crippen molar-refractivity contribution in [3.63, 3.8) is 0 Å².